The fourth-order valence-corrected chi connectivity index (χ4v) is 11.4. The zero-order chi connectivity index (χ0) is 14.4. The number of hydrogen-bond acceptors (Lipinski definition) is 1. The first-order valence-corrected chi connectivity index (χ1v) is 12.0. The van der Waals surface area contributed by atoms with Crippen molar-refractivity contribution in [2.45, 2.75) is 82.4 Å². The van der Waals surface area contributed by atoms with Crippen LogP contribution in [0.4, 0.5) is 0 Å². The molecule has 1 N–H and O–H groups in total. The summed E-state index contributed by atoms with van der Waals surface area (Å²) in [6.45, 7) is 14.6. The lowest BCUT2D eigenvalue weighted by molar-refractivity contribution is 0.285. The summed E-state index contributed by atoms with van der Waals surface area (Å²) in [6, 6.07) is 0. The minimum absolute atomic E-state index is 0.260. The van der Waals surface area contributed by atoms with Gasteiger partial charge in [-0.25, -0.2) is 0 Å². The highest BCUT2D eigenvalue weighted by Gasteiger charge is 2.52. The molecule has 19 heavy (non-hydrogen) atoms. The maximum absolute atomic E-state index is 4.04. The number of halogens is 1. The average molecular weight is 346 g/mol. The fraction of sp³-hybridized carbons (Fsp3) is 1.00. The summed E-state index contributed by atoms with van der Waals surface area (Å²) in [5.41, 5.74) is 1.22. The molecular formula is C16H32BrNSi. The zero-order valence-electron chi connectivity index (χ0n) is 13.6. The second-order valence-corrected chi connectivity index (χ2v) is 14.1. The Labute approximate surface area is 129 Å². The highest BCUT2D eigenvalue weighted by molar-refractivity contribution is 9.09. The summed E-state index contributed by atoms with van der Waals surface area (Å²) in [5, 5.41) is 0. The molecule has 3 heteroatoms. The van der Waals surface area contributed by atoms with Crippen LogP contribution in [0.2, 0.25) is 18.6 Å². The molecular weight excluding hydrogens is 314 g/mol. The molecule has 1 nitrogen and oxygen atoms in total. The van der Waals surface area contributed by atoms with E-state index in [2.05, 4.69) is 61.7 Å². The summed E-state index contributed by atoms with van der Waals surface area (Å²) >= 11 is 3.97. The van der Waals surface area contributed by atoms with Gasteiger partial charge in [-0.3, -0.25) is 0 Å². The highest BCUT2D eigenvalue weighted by Crippen LogP contribution is 2.56. The van der Waals surface area contributed by atoms with Crippen LogP contribution in [0.5, 0.6) is 0 Å². The molecule has 0 amide bonds. The predicted molar refractivity (Wildman–Crippen MR) is 91.4 cm³/mol. The Kier molecular flexibility index (Phi) is 4.60. The van der Waals surface area contributed by atoms with E-state index in [-0.39, 0.29) is 5.54 Å². The first kappa shape index (κ1) is 16.0. The summed E-state index contributed by atoms with van der Waals surface area (Å²) in [4.78, 5) is 4.83. The van der Waals surface area contributed by atoms with E-state index in [0.29, 0.717) is 0 Å². The maximum Gasteiger partial charge on any atom is 0.123 e. The topological polar surface area (TPSA) is 12.0 Å². The molecule has 0 saturated heterocycles. The second-order valence-electron chi connectivity index (χ2n) is 8.61. The third-order valence-electron chi connectivity index (χ3n) is 5.28. The van der Waals surface area contributed by atoms with E-state index in [1.165, 1.54) is 25.7 Å². The smallest absolute Gasteiger partial charge is 0.123 e. The van der Waals surface area contributed by atoms with Gasteiger partial charge >= 0.3 is 0 Å². The van der Waals surface area contributed by atoms with Crippen molar-refractivity contribution in [2.24, 2.45) is 17.8 Å². The second kappa shape index (κ2) is 5.45. The van der Waals surface area contributed by atoms with Crippen molar-refractivity contribution >= 4 is 24.2 Å². The van der Waals surface area contributed by atoms with Gasteiger partial charge in [-0.15, -0.1) is 0 Å². The average Bonchev–Trinajstić information content (AvgIpc) is 2.52. The number of fused-ring (bicyclic) bond motifs is 1. The van der Waals surface area contributed by atoms with Crippen molar-refractivity contribution in [2.75, 3.05) is 0 Å². The third kappa shape index (κ3) is 3.46. The Balaban J connectivity index is 2.18. The molecule has 5 unspecified atom stereocenters. The van der Waals surface area contributed by atoms with Gasteiger partial charge in [-0.1, -0.05) is 48.8 Å². The van der Waals surface area contributed by atoms with Crippen molar-refractivity contribution in [3.05, 3.63) is 0 Å². The van der Waals surface area contributed by atoms with E-state index in [1.807, 2.05) is 0 Å². The van der Waals surface area contributed by atoms with Crippen LogP contribution in [0, 0.1) is 17.8 Å². The molecule has 0 spiro atoms. The van der Waals surface area contributed by atoms with Crippen LogP contribution < -0.4 is 4.98 Å². The number of alkyl halides is 1. The van der Waals surface area contributed by atoms with Crippen LogP contribution >= 0.6 is 15.9 Å². The van der Waals surface area contributed by atoms with Gasteiger partial charge in [0.25, 0.3) is 0 Å². The minimum atomic E-state index is -1.38. The quantitative estimate of drug-likeness (QED) is 0.537. The van der Waals surface area contributed by atoms with Gasteiger partial charge in [-0.05, 0) is 56.9 Å². The van der Waals surface area contributed by atoms with Crippen LogP contribution in [0.3, 0.4) is 0 Å². The first-order chi connectivity index (χ1) is 8.62. The standard InChI is InChI=1S/C16H32BrNSi/c1-11-10-13-12(8-7-9-14(13)17)15(11)19(5,6)18-16(2,3)4/h11-15,18H,7-10H2,1-6H3. The SMILES string of the molecule is CC1CC2C(Br)CCCC2C1[Si](C)(C)NC(C)(C)C. The predicted octanol–water partition coefficient (Wildman–Crippen LogP) is 5.17. The van der Waals surface area contributed by atoms with Crippen molar-refractivity contribution in [1.82, 2.24) is 4.98 Å². The molecule has 2 saturated carbocycles. The van der Waals surface area contributed by atoms with Gasteiger partial charge in [0.15, 0.2) is 0 Å². The Morgan fingerprint density at radius 3 is 2.32 bits per heavy atom. The van der Waals surface area contributed by atoms with E-state index in [1.54, 1.807) is 0 Å². The van der Waals surface area contributed by atoms with Crippen molar-refractivity contribution in [3.8, 4) is 0 Å². The molecule has 2 rings (SSSR count). The molecule has 0 aliphatic heterocycles. The lowest BCUT2D eigenvalue weighted by atomic mass is 9.81. The third-order valence-corrected chi connectivity index (χ3v) is 10.5. The molecule has 0 heterocycles. The lowest BCUT2D eigenvalue weighted by Crippen LogP contribution is -2.59. The normalized spacial score (nSPS) is 40.3. The summed E-state index contributed by atoms with van der Waals surface area (Å²) < 4.78 is 0. The van der Waals surface area contributed by atoms with Crippen LogP contribution in [0.1, 0.15) is 53.4 Å². The van der Waals surface area contributed by atoms with Gasteiger partial charge in [0.1, 0.15) is 8.24 Å². The Morgan fingerprint density at radius 2 is 1.74 bits per heavy atom. The maximum atomic E-state index is 4.04. The van der Waals surface area contributed by atoms with E-state index in [4.69, 9.17) is 0 Å². The number of rotatable bonds is 2. The molecule has 112 valence electrons. The first-order valence-electron chi connectivity index (χ1n) is 8.05. The molecule has 2 fully saturated rings. The Bertz CT molecular complexity index is 323. The monoisotopic (exact) mass is 345 g/mol. The minimum Gasteiger partial charge on any atom is -0.332 e. The molecule has 0 bridgehead atoms. The van der Waals surface area contributed by atoms with Crippen molar-refractivity contribution < 1.29 is 0 Å². The largest absolute Gasteiger partial charge is 0.332 e. The highest BCUT2D eigenvalue weighted by atomic mass is 79.9. The van der Waals surface area contributed by atoms with Crippen LogP contribution in [0.25, 0.3) is 0 Å². The number of nitrogens with one attached hydrogen (secondary N) is 1. The van der Waals surface area contributed by atoms with Crippen molar-refractivity contribution in [3.63, 3.8) is 0 Å². The Hall–Kier alpha value is 0.657. The lowest BCUT2D eigenvalue weighted by Gasteiger charge is -2.44. The zero-order valence-corrected chi connectivity index (χ0v) is 16.2. The molecule has 2 aliphatic carbocycles. The molecule has 0 aromatic heterocycles. The van der Waals surface area contributed by atoms with Gasteiger partial charge < -0.3 is 4.98 Å². The van der Waals surface area contributed by atoms with Gasteiger partial charge in [0, 0.05) is 10.4 Å². The van der Waals surface area contributed by atoms with Crippen LogP contribution in [-0.2, 0) is 0 Å². The van der Waals surface area contributed by atoms with Gasteiger partial charge in [0.2, 0.25) is 0 Å². The summed E-state index contributed by atoms with van der Waals surface area (Å²) in [7, 11) is -1.38. The molecule has 5 atom stereocenters. The van der Waals surface area contributed by atoms with E-state index >= 15 is 0 Å². The van der Waals surface area contributed by atoms with Crippen LogP contribution in [0.15, 0.2) is 0 Å². The number of hydrogen-bond donors (Lipinski definition) is 1. The van der Waals surface area contributed by atoms with Crippen molar-refractivity contribution in [1.29, 1.82) is 0 Å². The molecule has 0 radical (unpaired) electrons. The summed E-state index contributed by atoms with van der Waals surface area (Å²) in [6.07, 6.45) is 5.76. The Morgan fingerprint density at radius 1 is 1.11 bits per heavy atom. The molecule has 0 aromatic carbocycles. The van der Waals surface area contributed by atoms with Gasteiger partial charge in [-0.2, -0.15) is 0 Å². The van der Waals surface area contributed by atoms with Gasteiger partial charge in [0.05, 0.1) is 0 Å². The van der Waals surface area contributed by atoms with E-state index in [9.17, 15) is 0 Å². The van der Waals surface area contributed by atoms with Crippen LogP contribution in [-0.4, -0.2) is 18.6 Å². The molecule has 0 aromatic rings. The molecule has 2 aliphatic rings. The fourth-order valence-electron chi connectivity index (χ4n) is 5.31. The van der Waals surface area contributed by atoms with E-state index in [0.717, 1.165) is 28.1 Å². The van der Waals surface area contributed by atoms with E-state index < -0.39 is 8.24 Å². The summed E-state index contributed by atoms with van der Waals surface area (Å²) in [5.74, 6) is 2.83.